The van der Waals surface area contributed by atoms with E-state index in [0.717, 1.165) is 0 Å². The summed E-state index contributed by atoms with van der Waals surface area (Å²) < 4.78 is 34.3. The van der Waals surface area contributed by atoms with Gasteiger partial charge in [0.2, 0.25) is 5.88 Å². The van der Waals surface area contributed by atoms with Crippen molar-refractivity contribution in [2.24, 2.45) is 0 Å². The van der Waals surface area contributed by atoms with E-state index in [9.17, 15) is 8.78 Å². The molecule has 1 heterocycles. The fourth-order valence-corrected chi connectivity index (χ4v) is 1.97. The van der Waals surface area contributed by atoms with Crippen LogP contribution in [-0.2, 0) is 6.54 Å². The molecule has 0 unspecified atom stereocenters. The zero-order valence-corrected chi connectivity index (χ0v) is 11.9. The Morgan fingerprint density at radius 2 is 2.14 bits per heavy atom. The van der Waals surface area contributed by atoms with Crippen LogP contribution in [0.2, 0.25) is 5.02 Å². The summed E-state index contributed by atoms with van der Waals surface area (Å²) in [5.74, 6) is 0.487. The first-order valence-electron chi connectivity index (χ1n) is 6.06. The first-order chi connectivity index (χ1) is 10.1. The third-order valence-electron chi connectivity index (χ3n) is 2.67. The maximum Gasteiger partial charge on any atom is 0.387 e. The van der Waals surface area contributed by atoms with Crippen LogP contribution in [0.5, 0.6) is 11.6 Å². The van der Waals surface area contributed by atoms with E-state index in [-0.39, 0.29) is 12.3 Å². The van der Waals surface area contributed by atoms with Gasteiger partial charge in [0.25, 0.3) is 0 Å². The van der Waals surface area contributed by atoms with Gasteiger partial charge in [0.05, 0.1) is 12.8 Å². The molecule has 2 aromatic rings. The van der Waals surface area contributed by atoms with Crippen LogP contribution >= 0.6 is 11.6 Å². The molecule has 2 rings (SSSR count). The minimum Gasteiger partial charge on any atom is -0.480 e. The second kappa shape index (κ2) is 7.08. The normalized spacial score (nSPS) is 10.5. The number of anilines is 1. The fraction of sp³-hybridized carbons (Fsp3) is 0.214. The summed E-state index contributed by atoms with van der Waals surface area (Å²) >= 11 is 5.89. The van der Waals surface area contributed by atoms with Crippen LogP contribution in [-0.4, -0.2) is 18.7 Å². The van der Waals surface area contributed by atoms with E-state index in [1.54, 1.807) is 24.4 Å². The summed E-state index contributed by atoms with van der Waals surface area (Å²) in [6.45, 7) is -2.65. The fourth-order valence-electron chi connectivity index (χ4n) is 1.78. The van der Waals surface area contributed by atoms with Crippen LogP contribution in [0.25, 0.3) is 0 Å². The van der Waals surface area contributed by atoms with Gasteiger partial charge in [0, 0.05) is 23.3 Å². The standard InChI is InChI=1S/C14H13ClF2N2O2/c1-20-13-11(3-2-6-18-13)19-8-9-7-10(15)4-5-12(9)21-14(16)17/h2-7,14,19H,8H2,1H3. The molecule has 1 aromatic heterocycles. The van der Waals surface area contributed by atoms with Gasteiger partial charge in [-0.3, -0.25) is 0 Å². The lowest BCUT2D eigenvalue weighted by molar-refractivity contribution is -0.0504. The molecule has 0 radical (unpaired) electrons. The van der Waals surface area contributed by atoms with Crippen molar-refractivity contribution in [3.05, 3.63) is 47.1 Å². The summed E-state index contributed by atoms with van der Waals surface area (Å²) in [4.78, 5) is 4.04. The van der Waals surface area contributed by atoms with Gasteiger partial charge < -0.3 is 14.8 Å². The number of aromatic nitrogens is 1. The Balaban J connectivity index is 2.17. The third kappa shape index (κ3) is 4.19. The molecule has 112 valence electrons. The Bertz CT molecular complexity index is 611. The lowest BCUT2D eigenvalue weighted by Gasteiger charge is -2.13. The molecule has 0 aliphatic rings. The van der Waals surface area contributed by atoms with Gasteiger partial charge in [-0.2, -0.15) is 8.78 Å². The highest BCUT2D eigenvalue weighted by atomic mass is 35.5. The first kappa shape index (κ1) is 15.3. The Kier molecular flexibility index (Phi) is 5.16. The smallest absolute Gasteiger partial charge is 0.387 e. The van der Waals surface area contributed by atoms with Crippen LogP contribution in [0, 0.1) is 0 Å². The molecule has 0 spiro atoms. The van der Waals surface area contributed by atoms with Gasteiger partial charge >= 0.3 is 6.61 Å². The molecule has 0 saturated heterocycles. The summed E-state index contributed by atoms with van der Waals surface area (Å²) in [5, 5.41) is 3.49. The maximum atomic E-state index is 12.4. The summed E-state index contributed by atoms with van der Waals surface area (Å²) in [6.07, 6.45) is 1.59. The van der Waals surface area contributed by atoms with Crippen LogP contribution in [0.3, 0.4) is 0 Å². The molecular formula is C14H13ClF2N2O2. The van der Waals surface area contributed by atoms with Gasteiger partial charge in [-0.1, -0.05) is 11.6 Å². The Morgan fingerprint density at radius 3 is 2.86 bits per heavy atom. The van der Waals surface area contributed by atoms with Crippen molar-refractivity contribution in [2.45, 2.75) is 13.2 Å². The molecule has 1 N–H and O–H groups in total. The number of alkyl halides is 2. The molecule has 4 nitrogen and oxygen atoms in total. The Labute approximate surface area is 125 Å². The highest BCUT2D eigenvalue weighted by Gasteiger charge is 2.11. The molecule has 0 aliphatic carbocycles. The van der Waals surface area contributed by atoms with Crippen LogP contribution < -0.4 is 14.8 Å². The van der Waals surface area contributed by atoms with Crippen molar-refractivity contribution in [2.75, 3.05) is 12.4 Å². The van der Waals surface area contributed by atoms with Gasteiger partial charge in [-0.05, 0) is 30.3 Å². The molecule has 21 heavy (non-hydrogen) atoms. The number of ether oxygens (including phenoxy) is 2. The number of rotatable bonds is 6. The number of nitrogens with zero attached hydrogens (tertiary/aromatic N) is 1. The number of hydrogen-bond acceptors (Lipinski definition) is 4. The predicted molar refractivity (Wildman–Crippen MR) is 76.2 cm³/mol. The molecule has 0 bridgehead atoms. The minimum absolute atomic E-state index is 0.0738. The van der Waals surface area contributed by atoms with Gasteiger partial charge in [-0.15, -0.1) is 0 Å². The highest BCUT2D eigenvalue weighted by molar-refractivity contribution is 6.30. The van der Waals surface area contributed by atoms with Crippen LogP contribution in [0.1, 0.15) is 5.56 Å². The SMILES string of the molecule is COc1ncccc1NCc1cc(Cl)ccc1OC(F)F. The number of hydrogen-bond donors (Lipinski definition) is 1. The van der Waals surface area contributed by atoms with E-state index in [1.165, 1.54) is 19.2 Å². The van der Waals surface area contributed by atoms with E-state index in [0.29, 0.717) is 22.2 Å². The van der Waals surface area contributed by atoms with Gasteiger partial charge in [0.1, 0.15) is 5.75 Å². The van der Waals surface area contributed by atoms with E-state index in [4.69, 9.17) is 16.3 Å². The van der Waals surface area contributed by atoms with E-state index < -0.39 is 6.61 Å². The quantitative estimate of drug-likeness (QED) is 0.876. The number of nitrogens with one attached hydrogen (secondary N) is 1. The van der Waals surface area contributed by atoms with E-state index >= 15 is 0 Å². The zero-order chi connectivity index (χ0) is 15.2. The van der Waals surface area contributed by atoms with Crippen molar-refractivity contribution in [3.63, 3.8) is 0 Å². The van der Waals surface area contributed by atoms with Crippen molar-refractivity contribution < 1.29 is 18.3 Å². The number of pyridine rings is 1. The summed E-state index contributed by atoms with van der Waals surface area (Å²) in [7, 11) is 1.50. The molecular weight excluding hydrogens is 302 g/mol. The molecule has 0 fully saturated rings. The topological polar surface area (TPSA) is 43.4 Å². The number of methoxy groups -OCH3 is 1. The minimum atomic E-state index is -2.89. The average molecular weight is 315 g/mol. The Morgan fingerprint density at radius 1 is 1.33 bits per heavy atom. The maximum absolute atomic E-state index is 12.4. The third-order valence-corrected chi connectivity index (χ3v) is 2.91. The molecule has 1 aromatic carbocycles. The lowest BCUT2D eigenvalue weighted by atomic mass is 10.2. The first-order valence-corrected chi connectivity index (χ1v) is 6.44. The molecule has 0 saturated carbocycles. The van der Waals surface area contributed by atoms with E-state index in [1.807, 2.05) is 0 Å². The predicted octanol–water partition coefficient (Wildman–Crippen LogP) is 3.96. The second-order valence-corrected chi connectivity index (χ2v) is 4.48. The number of halogens is 3. The molecule has 7 heteroatoms. The Hall–Kier alpha value is -2.08. The monoisotopic (exact) mass is 314 g/mol. The van der Waals surface area contributed by atoms with E-state index in [2.05, 4.69) is 15.0 Å². The van der Waals surface area contributed by atoms with Crippen molar-refractivity contribution in [1.29, 1.82) is 0 Å². The molecule has 0 aliphatic heterocycles. The van der Waals surface area contributed by atoms with Crippen molar-refractivity contribution in [1.82, 2.24) is 4.98 Å². The number of benzene rings is 1. The van der Waals surface area contributed by atoms with Crippen LogP contribution in [0.15, 0.2) is 36.5 Å². The molecule has 0 atom stereocenters. The molecule has 0 amide bonds. The zero-order valence-electron chi connectivity index (χ0n) is 11.1. The van der Waals surface area contributed by atoms with Crippen molar-refractivity contribution >= 4 is 17.3 Å². The highest BCUT2D eigenvalue weighted by Crippen LogP contribution is 2.27. The van der Waals surface area contributed by atoms with Crippen LogP contribution in [0.4, 0.5) is 14.5 Å². The lowest BCUT2D eigenvalue weighted by Crippen LogP contribution is -2.08. The van der Waals surface area contributed by atoms with Crippen molar-refractivity contribution in [3.8, 4) is 11.6 Å². The largest absolute Gasteiger partial charge is 0.480 e. The summed E-state index contributed by atoms with van der Waals surface area (Å²) in [6, 6.07) is 7.97. The average Bonchev–Trinajstić information content (AvgIpc) is 2.47. The second-order valence-electron chi connectivity index (χ2n) is 4.04. The summed E-state index contributed by atoms with van der Waals surface area (Å²) in [5.41, 5.74) is 1.15. The van der Waals surface area contributed by atoms with Gasteiger partial charge in [0.15, 0.2) is 0 Å². The van der Waals surface area contributed by atoms with Gasteiger partial charge in [-0.25, -0.2) is 4.98 Å².